The molecule has 0 saturated carbocycles. The number of rotatable bonds is 7. The fourth-order valence-electron chi connectivity index (χ4n) is 3.00. The van der Waals surface area contributed by atoms with Crippen molar-refractivity contribution in [3.05, 3.63) is 29.6 Å². The number of carbonyl (C=O) groups excluding carboxylic acids is 1. The normalized spacial score (nSPS) is 17.0. The molecule has 1 heterocycles. The summed E-state index contributed by atoms with van der Waals surface area (Å²) in [5.41, 5.74) is -0.347. The summed E-state index contributed by atoms with van der Waals surface area (Å²) in [7, 11) is -7.07. The Morgan fingerprint density at radius 2 is 1.82 bits per heavy atom. The molecule has 0 aromatic heterocycles. The Balaban J connectivity index is 2.02. The van der Waals surface area contributed by atoms with Gasteiger partial charge in [0.05, 0.1) is 16.7 Å². The lowest BCUT2D eigenvalue weighted by Crippen LogP contribution is -2.41. The third-order valence-electron chi connectivity index (χ3n) is 4.48. The zero-order chi connectivity index (χ0) is 21.1. The van der Waals surface area contributed by atoms with E-state index in [2.05, 4.69) is 10.0 Å². The summed E-state index contributed by atoms with van der Waals surface area (Å²) >= 11 is 0. The number of sulfonamides is 2. The quantitative estimate of drug-likeness (QED) is 0.661. The number of hydrogen-bond acceptors (Lipinski definition) is 5. The molecule has 2 N–H and O–H groups in total. The number of carbonyl (C=O) groups is 1. The first-order valence-electron chi connectivity index (χ1n) is 8.95. The summed E-state index contributed by atoms with van der Waals surface area (Å²) in [6.45, 7) is 4.33. The number of nitrogens with one attached hydrogen (secondary N) is 2. The molecule has 1 fully saturated rings. The van der Waals surface area contributed by atoms with Crippen molar-refractivity contribution in [3.8, 4) is 0 Å². The molecule has 1 aromatic carbocycles. The maximum absolute atomic E-state index is 14.1. The first-order chi connectivity index (χ1) is 12.9. The second-order valence-corrected chi connectivity index (χ2v) is 10.9. The Morgan fingerprint density at radius 3 is 2.36 bits per heavy atom. The van der Waals surface area contributed by atoms with Crippen LogP contribution in [0.15, 0.2) is 23.1 Å². The van der Waals surface area contributed by atoms with E-state index in [1.807, 2.05) is 0 Å². The van der Waals surface area contributed by atoms with Crippen molar-refractivity contribution in [1.29, 1.82) is 0 Å². The molecule has 1 saturated heterocycles. The SMILES string of the molecule is CC(C)NS(=O)(=O)c1ccc(F)c(C(=O)NCC2CCN(S(C)(=O)=O)CC2)c1. The van der Waals surface area contributed by atoms with E-state index in [9.17, 15) is 26.0 Å². The van der Waals surface area contributed by atoms with Gasteiger partial charge in [-0.3, -0.25) is 4.79 Å². The van der Waals surface area contributed by atoms with Gasteiger partial charge in [0, 0.05) is 25.7 Å². The fourth-order valence-corrected chi connectivity index (χ4v) is 5.15. The lowest BCUT2D eigenvalue weighted by atomic mass is 9.98. The van der Waals surface area contributed by atoms with Crippen LogP contribution in [0, 0.1) is 11.7 Å². The molecule has 0 bridgehead atoms. The molecule has 1 amide bonds. The van der Waals surface area contributed by atoms with E-state index in [0.717, 1.165) is 24.5 Å². The van der Waals surface area contributed by atoms with E-state index >= 15 is 0 Å². The summed E-state index contributed by atoms with van der Waals surface area (Å²) in [5.74, 6) is -1.45. The minimum absolute atomic E-state index is 0.0690. The predicted octanol–water partition coefficient (Wildman–Crippen LogP) is 0.914. The third-order valence-corrected chi connectivity index (χ3v) is 7.44. The molecular formula is C17H26FN3O5S2. The smallest absolute Gasteiger partial charge is 0.254 e. The summed E-state index contributed by atoms with van der Waals surface area (Å²) in [6.07, 6.45) is 2.33. The molecule has 0 radical (unpaired) electrons. The molecule has 2 rings (SSSR count). The number of benzene rings is 1. The second-order valence-electron chi connectivity index (χ2n) is 7.23. The maximum atomic E-state index is 14.1. The van der Waals surface area contributed by atoms with Crippen LogP contribution in [0.3, 0.4) is 0 Å². The molecule has 1 aromatic rings. The molecule has 28 heavy (non-hydrogen) atoms. The standard InChI is InChI=1S/C17H26FN3O5S2/c1-12(2)20-28(25,26)14-4-5-16(18)15(10-14)17(22)19-11-13-6-8-21(9-7-13)27(3,23)24/h4-5,10,12-13,20H,6-9,11H2,1-3H3,(H,19,22). The number of amides is 1. The molecular weight excluding hydrogens is 409 g/mol. The van der Waals surface area contributed by atoms with Crippen molar-refractivity contribution in [2.24, 2.45) is 5.92 Å². The van der Waals surface area contributed by atoms with Gasteiger partial charge in [0.25, 0.3) is 5.91 Å². The van der Waals surface area contributed by atoms with Crippen molar-refractivity contribution in [1.82, 2.24) is 14.3 Å². The molecule has 8 nitrogen and oxygen atoms in total. The number of piperidine rings is 1. The van der Waals surface area contributed by atoms with Crippen LogP contribution in [-0.2, 0) is 20.0 Å². The van der Waals surface area contributed by atoms with Gasteiger partial charge in [0.2, 0.25) is 20.0 Å². The molecule has 0 unspecified atom stereocenters. The van der Waals surface area contributed by atoms with Gasteiger partial charge in [-0.2, -0.15) is 0 Å². The van der Waals surface area contributed by atoms with Crippen LogP contribution in [0.25, 0.3) is 0 Å². The topological polar surface area (TPSA) is 113 Å². The molecule has 0 aliphatic carbocycles. The van der Waals surface area contributed by atoms with Gasteiger partial charge < -0.3 is 5.32 Å². The van der Waals surface area contributed by atoms with E-state index < -0.39 is 31.8 Å². The van der Waals surface area contributed by atoms with Crippen molar-refractivity contribution in [3.63, 3.8) is 0 Å². The monoisotopic (exact) mass is 435 g/mol. The highest BCUT2D eigenvalue weighted by Crippen LogP contribution is 2.19. The Hall–Kier alpha value is -1.56. The number of halogens is 1. The highest BCUT2D eigenvalue weighted by Gasteiger charge is 2.26. The van der Waals surface area contributed by atoms with Crippen LogP contribution in [-0.4, -0.2) is 59.0 Å². The minimum atomic E-state index is -3.85. The predicted molar refractivity (Wildman–Crippen MR) is 103 cm³/mol. The highest BCUT2D eigenvalue weighted by molar-refractivity contribution is 7.89. The van der Waals surface area contributed by atoms with E-state index in [-0.39, 0.29) is 29.0 Å². The molecule has 158 valence electrons. The van der Waals surface area contributed by atoms with Crippen LogP contribution >= 0.6 is 0 Å². The molecule has 0 spiro atoms. The molecule has 1 aliphatic rings. The van der Waals surface area contributed by atoms with Gasteiger partial charge in [-0.1, -0.05) is 0 Å². The number of hydrogen-bond donors (Lipinski definition) is 2. The van der Waals surface area contributed by atoms with Gasteiger partial charge in [0.15, 0.2) is 0 Å². The van der Waals surface area contributed by atoms with E-state index in [0.29, 0.717) is 25.9 Å². The summed E-state index contributed by atoms with van der Waals surface area (Å²) in [5, 5.41) is 2.62. The van der Waals surface area contributed by atoms with Gasteiger partial charge >= 0.3 is 0 Å². The van der Waals surface area contributed by atoms with Gasteiger partial charge in [-0.25, -0.2) is 30.3 Å². The van der Waals surface area contributed by atoms with Crippen LogP contribution < -0.4 is 10.0 Å². The summed E-state index contributed by atoms with van der Waals surface area (Å²) in [4.78, 5) is 12.2. The fraction of sp³-hybridized carbons (Fsp3) is 0.588. The van der Waals surface area contributed by atoms with Gasteiger partial charge in [0.1, 0.15) is 5.82 Å². The van der Waals surface area contributed by atoms with E-state index in [1.165, 1.54) is 4.31 Å². The van der Waals surface area contributed by atoms with Crippen molar-refractivity contribution in [2.75, 3.05) is 25.9 Å². The second kappa shape index (κ2) is 8.85. The summed E-state index contributed by atoms with van der Waals surface area (Å²) < 4.78 is 65.3. The van der Waals surface area contributed by atoms with Gasteiger partial charge in [-0.05, 0) is 50.8 Å². The molecule has 1 aliphatic heterocycles. The largest absolute Gasteiger partial charge is 0.352 e. The van der Waals surface area contributed by atoms with Crippen LogP contribution in [0.4, 0.5) is 4.39 Å². The summed E-state index contributed by atoms with van der Waals surface area (Å²) in [6, 6.07) is 2.73. The lowest BCUT2D eigenvalue weighted by Gasteiger charge is -2.30. The molecule has 11 heteroatoms. The Kier molecular flexibility index (Phi) is 7.18. The van der Waals surface area contributed by atoms with Crippen LogP contribution in [0.1, 0.15) is 37.0 Å². The zero-order valence-corrected chi connectivity index (χ0v) is 17.7. The highest BCUT2D eigenvalue weighted by atomic mass is 32.2. The Bertz CT molecular complexity index is 924. The lowest BCUT2D eigenvalue weighted by molar-refractivity contribution is 0.0937. The average molecular weight is 436 g/mol. The average Bonchev–Trinajstić information content (AvgIpc) is 2.58. The molecule has 0 atom stereocenters. The van der Waals surface area contributed by atoms with Crippen molar-refractivity contribution < 1.29 is 26.0 Å². The van der Waals surface area contributed by atoms with E-state index in [4.69, 9.17) is 0 Å². The van der Waals surface area contributed by atoms with Crippen LogP contribution in [0.5, 0.6) is 0 Å². The Morgan fingerprint density at radius 1 is 1.21 bits per heavy atom. The maximum Gasteiger partial charge on any atom is 0.254 e. The number of nitrogens with zero attached hydrogens (tertiary/aromatic N) is 1. The van der Waals surface area contributed by atoms with Gasteiger partial charge in [-0.15, -0.1) is 0 Å². The van der Waals surface area contributed by atoms with Crippen molar-refractivity contribution in [2.45, 2.75) is 37.6 Å². The minimum Gasteiger partial charge on any atom is -0.352 e. The van der Waals surface area contributed by atoms with E-state index in [1.54, 1.807) is 13.8 Å². The first-order valence-corrected chi connectivity index (χ1v) is 12.3. The third kappa shape index (κ3) is 5.97. The first kappa shape index (κ1) is 22.7. The van der Waals surface area contributed by atoms with Crippen LogP contribution in [0.2, 0.25) is 0 Å². The Labute approximate surface area is 165 Å². The zero-order valence-electron chi connectivity index (χ0n) is 16.1. The van der Waals surface area contributed by atoms with Crippen molar-refractivity contribution >= 4 is 26.0 Å².